The lowest BCUT2D eigenvalue weighted by atomic mass is 9.84. The maximum absolute atomic E-state index is 9.37. The third-order valence-electron chi connectivity index (χ3n) is 5.32. The van der Waals surface area contributed by atoms with Gasteiger partial charge in [-0.05, 0) is 85.7 Å². The van der Waals surface area contributed by atoms with Gasteiger partial charge in [-0.15, -0.1) is 0 Å². The van der Waals surface area contributed by atoms with Gasteiger partial charge in [0.15, 0.2) is 0 Å². The number of fused-ring (bicyclic) bond motifs is 1. The van der Waals surface area contributed by atoms with Gasteiger partial charge in [0.05, 0.1) is 0 Å². The van der Waals surface area contributed by atoms with Gasteiger partial charge in [0.1, 0.15) is 35.4 Å². The fourth-order valence-corrected chi connectivity index (χ4v) is 3.90. The molecule has 0 aromatic heterocycles. The van der Waals surface area contributed by atoms with Gasteiger partial charge in [0.25, 0.3) is 0 Å². The Morgan fingerprint density at radius 1 is 0.462 bits per heavy atom. The van der Waals surface area contributed by atoms with E-state index in [9.17, 15) is 21.0 Å². The minimum Gasteiger partial charge on any atom is -0.192 e. The zero-order valence-electron chi connectivity index (χ0n) is 15.8. The van der Waals surface area contributed by atoms with E-state index in [2.05, 4.69) is 0 Å². The predicted molar refractivity (Wildman–Crippen MR) is 101 cm³/mol. The quantitative estimate of drug-likeness (QED) is 0.737. The summed E-state index contributed by atoms with van der Waals surface area (Å²) in [5.41, 5.74) is 5.64. The van der Waals surface area contributed by atoms with Crippen molar-refractivity contribution in [2.24, 2.45) is 0 Å². The molecule has 0 fully saturated rings. The van der Waals surface area contributed by atoms with Crippen molar-refractivity contribution in [1.29, 1.82) is 21.0 Å². The number of aryl methyl sites for hydroxylation is 4. The molecule has 2 aromatic rings. The number of rotatable bonds is 0. The highest BCUT2D eigenvalue weighted by Gasteiger charge is 2.18. The maximum atomic E-state index is 9.37. The smallest absolute Gasteiger partial charge is 0.137 e. The second-order valence-corrected chi connectivity index (χ2v) is 6.45. The molecule has 0 radical (unpaired) electrons. The van der Waals surface area contributed by atoms with E-state index in [1.165, 1.54) is 0 Å². The van der Waals surface area contributed by atoms with Crippen LogP contribution in [-0.4, -0.2) is 0 Å². The van der Waals surface area contributed by atoms with Crippen LogP contribution in [0, 0.1) is 86.9 Å². The van der Waals surface area contributed by atoms with Crippen molar-refractivity contribution in [3.05, 3.63) is 43.8 Å². The molecule has 0 bridgehead atoms. The fourth-order valence-electron chi connectivity index (χ4n) is 3.90. The molecular formula is C22H18N4. The molecule has 4 heteroatoms. The predicted octanol–water partition coefficient (Wildman–Crippen LogP) is 3.09. The van der Waals surface area contributed by atoms with Crippen molar-refractivity contribution in [3.8, 4) is 24.3 Å². The van der Waals surface area contributed by atoms with Crippen molar-refractivity contribution in [2.75, 3.05) is 0 Å². The summed E-state index contributed by atoms with van der Waals surface area (Å²) in [5.74, 6) is 0. The molecule has 2 rings (SSSR count). The zero-order chi connectivity index (χ0) is 19.8. The van der Waals surface area contributed by atoms with Gasteiger partial charge in [-0.1, -0.05) is 0 Å². The lowest BCUT2D eigenvalue weighted by molar-refractivity contribution is 1.23. The Labute approximate surface area is 153 Å². The monoisotopic (exact) mass is 338 g/mol. The topological polar surface area (TPSA) is 95.2 Å². The molecule has 26 heavy (non-hydrogen) atoms. The summed E-state index contributed by atoms with van der Waals surface area (Å²) in [6.45, 7) is 11.6. The summed E-state index contributed by atoms with van der Waals surface area (Å²) < 4.78 is 0. The van der Waals surface area contributed by atoms with Gasteiger partial charge in [-0.3, -0.25) is 0 Å². The molecule has 0 saturated heterocycles. The standard InChI is InChI=1S/C22H18N4/c1-11-13(3)21-16(6)20(18(9-25)10-26)12(2)14(4)22(21)15(5)19(11)17(7-23)8-24/h1-6H3. The molecule has 0 heterocycles. The Kier molecular flexibility index (Phi) is 4.84. The van der Waals surface area contributed by atoms with Crippen molar-refractivity contribution in [3.63, 3.8) is 0 Å². The SMILES string of the molecule is Cc1c(C)c2c(C)c(=C(C#N)C#N)c(C)c(C)c2c(C)c1=C(C#N)C#N. The number of benzene rings is 2. The van der Waals surface area contributed by atoms with Crippen LogP contribution in [0.1, 0.15) is 33.4 Å². The van der Waals surface area contributed by atoms with E-state index < -0.39 is 0 Å². The number of hydrogen-bond acceptors (Lipinski definition) is 4. The molecule has 0 saturated carbocycles. The van der Waals surface area contributed by atoms with E-state index in [-0.39, 0.29) is 11.1 Å². The Hall–Kier alpha value is -3.60. The van der Waals surface area contributed by atoms with E-state index in [1.807, 2.05) is 65.8 Å². The number of nitrogens with zero attached hydrogens (tertiary/aromatic N) is 4. The molecule has 0 N–H and O–H groups in total. The minimum absolute atomic E-state index is 0.102. The summed E-state index contributed by atoms with van der Waals surface area (Å²) in [5, 5.41) is 40.8. The van der Waals surface area contributed by atoms with Gasteiger partial charge >= 0.3 is 0 Å². The van der Waals surface area contributed by atoms with Crippen LogP contribution in [0.5, 0.6) is 0 Å². The molecule has 126 valence electrons. The minimum atomic E-state index is 0.102. The zero-order valence-corrected chi connectivity index (χ0v) is 15.8. The van der Waals surface area contributed by atoms with Crippen molar-refractivity contribution >= 4 is 21.9 Å². The fraction of sp³-hybridized carbons (Fsp3) is 0.273. The average molecular weight is 338 g/mol. The first-order valence-corrected chi connectivity index (χ1v) is 8.14. The molecule has 0 aliphatic rings. The Morgan fingerprint density at radius 3 is 0.962 bits per heavy atom. The van der Waals surface area contributed by atoms with Crippen molar-refractivity contribution in [2.45, 2.75) is 41.5 Å². The van der Waals surface area contributed by atoms with Gasteiger partial charge in [-0.25, -0.2) is 0 Å². The van der Waals surface area contributed by atoms with E-state index in [1.54, 1.807) is 0 Å². The van der Waals surface area contributed by atoms with Crippen molar-refractivity contribution < 1.29 is 0 Å². The van der Waals surface area contributed by atoms with E-state index >= 15 is 0 Å². The Morgan fingerprint density at radius 2 is 0.731 bits per heavy atom. The molecule has 0 aliphatic carbocycles. The lowest BCUT2D eigenvalue weighted by Crippen LogP contribution is -2.22. The highest BCUT2D eigenvalue weighted by atomic mass is 14.3. The van der Waals surface area contributed by atoms with Crippen LogP contribution in [0.4, 0.5) is 0 Å². The van der Waals surface area contributed by atoms with E-state index in [0.29, 0.717) is 10.4 Å². The first-order chi connectivity index (χ1) is 12.3. The van der Waals surface area contributed by atoms with Crippen LogP contribution in [0.15, 0.2) is 0 Å². The summed E-state index contributed by atoms with van der Waals surface area (Å²) >= 11 is 0. The van der Waals surface area contributed by atoms with Crippen LogP contribution in [0.25, 0.3) is 21.9 Å². The summed E-state index contributed by atoms with van der Waals surface area (Å²) in [4.78, 5) is 0. The molecular weight excluding hydrogens is 320 g/mol. The lowest BCUT2D eigenvalue weighted by Gasteiger charge is -2.19. The Balaban J connectivity index is 3.48. The van der Waals surface area contributed by atoms with E-state index in [4.69, 9.17) is 0 Å². The molecule has 2 aromatic carbocycles. The molecule has 0 amide bonds. The third kappa shape index (κ3) is 2.41. The number of nitriles is 4. The van der Waals surface area contributed by atoms with Crippen LogP contribution in [0.2, 0.25) is 0 Å². The van der Waals surface area contributed by atoms with Crippen LogP contribution in [0.3, 0.4) is 0 Å². The van der Waals surface area contributed by atoms with Gasteiger partial charge in [-0.2, -0.15) is 21.0 Å². The van der Waals surface area contributed by atoms with Crippen LogP contribution < -0.4 is 10.4 Å². The van der Waals surface area contributed by atoms with Crippen molar-refractivity contribution in [1.82, 2.24) is 0 Å². The third-order valence-corrected chi connectivity index (χ3v) is 5.32. The summed E-state index contributed by atoms with van der Waals surface area (Å²) in [6.07, 6.45) is 0. The molecule has 4 nitrogen and oxygen atoms in total. The van der Waals surface area contributed by atoms with Crippen LogP contribution >= 0.6 is 0 Å². The van der Waals surface area contributed by atoms with Gasteiger partial charge in [0, 0.05) is 10.4 Å². The number of hydrogen-bond donors (Lipinski definition) is 0. The largest absolute Gasteiger partial charge is 0.192 e. The molecule has 0 unspecified atom stereocenters. The first-order valence-electron chi connectivity index (χ1n) is 8.14. The van der Waals surface area contributed by atoms with Gasteiger partial charge in [0.2, 0.25) is 0 Å². The highest BCUT2D eigenvalue weighted by molar-refractivity contribution is 5.98. The Bertz CT molecular complexity index is 1130. The highest BCUT2D eigenvalue weighted by Crippen LogP contribution is 2.29. The molecule has 0 aliphatic heterocycles. The average Bonchev–Trinajstić information content (AvgIpc) is 2.63. The molecule has 0 spiro atoms. The van der Waals surface area contributed by atoms with Crippen LogP contribution in [-0.2, 0) is 0 Å². The van der Waals surface area contributed by atoms with E-state index in [0.717, 1.165) is 44.2 Å². The molecule has 0 atom stereocenters. The first kappa shape index (κ1) is 18.7. The normalized spacial score (nSPS) is 9.77. The summed E-state index contributed by atoms with van der Waals surface area (Å²) in [6, 6.07) is 8.01. The maximum Gasteiger partial charge on any atom is 0.137 e. The summed E-state index contributed by atoms with van der Waals surface area (Å²) in [7, 11) is 0. The second-order valence-electron chi connectivity index (χ2n) is 6.45. The second kappa shape index (κ2) is 6.72. The van der Waals surface area contributed by atoms with Gasteiger partial charge < -0.3 is 0 Å².